The normalized spacial score (nSPS) is 11.0. The van der Waals surface area contributed by atoms with Gasteiger partial charge in [0.15, 0.2) is 0 Å². The van der Waals surface area contributed by atoms with E-state index in [1.165, 1.54) is 203 Å². The molecule has 0 fully saturated rings. The van der Waals surface area contributed by atoms with Gasteiger partial charge in [-0.2, -0.15) is 0 Å². The van der Waals surface area contributed by atoms with E-state index in [4.69, 9.17) is 0 Å². The van der Waals surface area contributed by atoms with Gasteiger partial charge in [0.05, 0.1) is 0 Å². The molecule has 3 heteroatoms. The van der Waals surface area contributed by atoms with E-state index in [2.05, 4.69) is 80.5 Å². The minimum atomic E-state index is 1.29. The summed E-state index contributed by atoms with van der Waals surface area (Å²) >= 11 is 5.84. The molecule has 51 heavy (non-hydrogen) atoms. The third kappa shape index (κ3) is 25.7. The fourth-order valence-electron chi connectivity index (χ4n) is 7.14. The molecule has 0 aliphatic heterocycles. The molecule has 0 radical (unpaired) electrons. The van der Waals surface area contributed by atoms with Crippen LogP contribution in [0.5, 0.6) is 0 Å². The molecule has 0 saturated carbocycles. The zero-order valence-corrected chi connectivity index (χ0v) is 38.0. The number of hydrogen-bond donors (Lipinski definition) is 0. The van der Waals surface area contributed by atoms with Crippen LogP contribution in [0.15, 0.2) is 18.2 Å². The molecular formula is C48H84S3. The van der Waals surface area contributed by atoms with Crippen molar-refractivity contribution in [1.29, 1.82) is 0 Å². The van der Waals surface area contributed by atoms with Gasteiger partial charge in [-0.3, -0.25) is 0 Å². The molecule has 0 atom stereocenters. The molecule has 0 bridgehead atoms. The van der Waals surface area contributed by atoms with Crippen molar-refractivity contribution >= 4 is 34.0 Å². The van der Waals surface area contributed by atoms with Crippen LogP contribution in [-0.4, -0.2) is 0 Å². The summed E-state index contributed by atoms with van der Waals surface area (Å²) in [6.07, 6.45) is 38.0. The van der Waals surface area contributed by atoms with Crippen molar-refractivity contribution in [1.82, 2.24) is 0 Å². The number of unbranched alkanes of at least 4 members (excludes halogenated alkanes) is 21. The van der Waals surface area contributed by atoms with Crippen molar-refractivity contribution in [2.24, 2.45) is 0 Å². The van der Waals surface area contributed by atoms with E-state index in [-0.39, 0.29) is 0 Å². The fraction of sp³-hybridized carbons (Fsp3) is 0.750. The summed E-state index contributed by atoms with van der Waals surface area (Å²) in [5.74, 6) is 0. The quantitative estimate of drug-likeness (QED) is 0.0680. The average molecular weight is 757 g/mol. The lowest BCUT2D eigenvalue weighted by atomic mass is 10.0. The molecule has 0 spiro atoms. The SMILES string of the molecule is CCCCCCCCCCCCc1cc(C)sc1C.CCCCCCCCCCc1cc(C)sc1C.CCCCCCCCc1cc(C)sc1C. The topological polar surface area (TPSA) is 0 Å². The van der Waals surface area contributed by atoms with Gasteiger partial charge in [-0.15, -0.1) is 34.0 Å². The standard InChI is InChI=1S/C18H32S.C16H28S.C14H24S/c1-4-5-6-7-8-9-10-11-12-13-14-18-15-16(2)19-17(18)3;1-4-5-6-7-8-9-10-11-12-16-13-14(2)17-15(16)3;1-4-5-6-7-8-9-10-14-11-12(2)15-13(14)3/h15H,4-14H2,1-3H3;13H,4-12H2,1-3H3;11H,4-10H2,1-3H3. The van der Waals surface area contributed by atoms with Gasteiger partial charge in [0, 0.05) is 29.3 Å². The van der Waals surface area contributed by atoms with Crippen LogP contribution in [0.1, 0.15) is 221 Å². The Morgan fingerprint density at radius 1 is 0.294 bits per heavy atom. The van der Waals surface area contributed by atoms with Gasteiger partial charge in [-0.25, -0.2) is 0 Å². The molecule has 0 unspecified atom stereocenters. The largest absolute Gasteiger partial charge is 0.146 e. The molecule has 0 nitrogen and oxygen atoms in total. The van der Waals surface area contributed by atoms with E-state index >= 15 is 0 Å². The average Bonchev–Trinajstić information content (AvgIpc) is 3.73. The molecule has 0 saturated heterocycles. The first kappa shape index (κ1) is 48.1. The van der Waals surface area contributed by atoms with E-state index in [0.29, 0.717) is 0 Å². The molecule has 3 heterocycles. The minimum absolute atomic E-state index is 1.29. The summed E-state index contributed by atoms with van der Waals surface area (Å²) in [6, 6.07) is 7.13. The van der Waals surface area contributed by atoms with Gasteiger partial charge in [-0.05, 0) is 115 Å². The van der Waals surface area contributed by atoms with Crippen molar-refractivity contribution < 1.29 is 0 Å². The third-order valence-electron chi connectivity index (χ3n) is 10.3. The van der Waals surface area contributed by atoms with Crippen LogP contribution < -0.4 is 0 Å². The van der Waals surface area contributed by atoms with Crippen LogP contribution in [0, 0.1) is 41.5 Å². The van der Waals surface area contributed by atoms with Crippen molar-refractivity contribution in [2.45, 2.75) is 236 Å². The molecule has 3 rings (SSSR count). The Balaban J connectivity index is 0.000000385. The second-order valence-corrected chi connectivity index (χ2v) is 19.9. The Morgan fingerprint density at radius 2 is 0.490 bits per heavy atom. The van der Waals surface area contributed by atoms with Crippen LogP contribution in [0.2, 0.25) is 0 Å². The van der Waals surface area contributed by atoms with E-state index in [9.17, 15) is 0 Å². The lowest BCUT2D eigenvalue weighted by Crippen LogP contribution is -1.86. The molecule has 0 aliphatic rings. The molecular weight excluding hydrogens is 673 g/mol. The third-order valence-corrected chi connectivity index (χ3v) is 13.4. The Bertz CT molecular complexity index is 1190. The first-order chi connectivity index (χ1) is 24.7. The Labute approximate surface area is 332 Å². The summed E-state index contributed by atoms with van der Waals surface area (Å²) in [5.41, 5.74) is 4.79. The Kier molecular flexibility index (Phi) is 30.7. The smallest absolute Gasteiger partial charge is 0.00490 e. The predicted octanol–water partition coefficient (Wildman–Crippen LogP) is 18.1. The maximum Gasteiger partial charge on any atom is 0.00490 e. The summed E-state index contributed by atoms with van der Waals surface area (Å²) in [6.45, 7) is 20.3. The Hall–Kier alpha value is -0.900. The minimum Gasteiger partial charge on any atom is -0.146 e. The van der Waals surface area contributed by atoms with Gasteiger partial charge < -0.3 is 0 Å². The lowest BCUT2D eigenvalue weighted by molar-refractivity contribution is 0.556. The van der Waals surface area contributed by atoms with Crippen molar-refractivity contribution in [3.8, 4) is 0 Å². The van der Waals surface area contributed by atoms with E-state index in [0.717, 1.165) is 0 Å². The maximum absolute atomic E-state index is 2.38. The number of aryl methyl sites for hydroxylation is 9. The van der Waals surface area contributed by atoms with E-state index < -0.39 is 0 Å². The molecule has 0 aliphatic carbocycles. The summed E-state index contributed by atoms with van der Waals surface area (Å²) in [7, 11) is 0. The van der Waals surface area contributed by atoms with Crippen molar-refractivity contribution in [3.05, 3.63) is 64.2 Å². The lowest BCUT2D eigenvalue weighted by Gasteiger charge is -2.02. The fourth-order valence-corrected chi connectivity index (χ4v) is 10.1. The maximum atomic E-state index is 2.38. The number of thiophene rings is 3. The van der Waals surface area contributed by atoms with Crippen molar-refractivity contribution in [2.75, 3.05) is 0 Å². The van der Waals surface area contributed by atoms with Gasteiger partial charge in [0.25, 0.3) is 0 Å². The molecule has 294 valence electrons. The summed E-state index contributed by atoms with van der Waals surface area (Å²) in [4.78, 5) is 9.00. The predicted molar refractivity (Wildman–Crippen MR) is 240 cm³/mol. The van der Waals surface area contributed by atoms with Gasteiger partial charge >= 0.3 is 0 Å². The van der Waals surface area contributed by atoms with E-state index in [1.807, 2.05) is 34.0 Å². The van der Waals surface area contributed by atoms with Gasteiger partial charge in [0.2, 0.25) is 0 Å². The highest BCUT2D eigenvalue weighted by atomic mass is 32.1. The second kappa shape index (κ2) is 32.5. The zero-order valence-electron chi connectivity index (χ0n) is 35.5. The van der Waals surface area contributed by atoms with Crippen molar-refractivity contribution in [3.63, 3.8) is 0 Å². The van der Waals surface area contributed by atoms with Crippen LogP contribution >= 0.6 is 34.0 Å². The van der Waals surface area contributed by atoms with Gasteiger partial charge in [0.1, 0.15) is 0 Å². The molecule has 3 aromatic heterocycles. The highest BCUT2D eigenvalue weighted by Crippen LogP contribution is 2.25. The number of rotatable bonds is 27. The van der Waals surface area contributed by atoms with E-state index in [1.54, 1.807) is 16.7 Å². The van der Waals surface area contributed by atoms with Crippen LogP contribution in [-0.2, 0) is 19.3 Å². The monoisotopic (exact) mass is 757 g/mol. The first-order valence-electron chi connectivity index (χ1n) is 21.9. The van der Waals surface area contributed by atoms with Crippen LogP contribution in [0.4, 0.5) is 0 Å². The molecule has 3 aromatic rings. The highest BCUT2D eigenvalue weighted by molar-refractivity contribution is 7.12. The van der Waals surface area contributed by atoms with Crippen LogP contribution in [0.3, 0.4) is 0 Å². The summed E-state index contributed by atoms with van der Waals surface area (Å²) in [5, 5.41) is 0. The second-order valence-electron chi connectivity index (χ2n) is 15.5. The van der Waals surface area contributed by atoms with Gasteiger partial charge in [-0.1, -0.05) is 156 Å². The Morgan fingerprint density at radius 3 is 0.667 bits per heavy atom. The number of hydrogen-bond acceptors (Lipinski definition) is 3. The highest BCUT2D eigenvalue weighted by Gasteiger charge is 2.04. The molecule has 0 aromatic carbocycles. The van der Waals surface area contributed by atoms with Crippen LogP contribution in [0.25, 0.3) is 0 Å². The molecule has 0 N–H and O–H groups in total. The zero-order chi connectivity index (χ0) is 37.5. The molecule has 0 amide bonds. The summed E-state index contributed by atoms with van der Waals surface area (Å²) < 4.78 is 0. The first-order valence-corrected chi connectivity index (χ1v) is 24.3.